The molecule has 3 aromatic carbocycles. The molecular formula is C26H26BNO2. The molecule has 3 nitrogen and oxygen atoms in total. The predicted octanol–water partition coefficient (Wildman–Crippen LogP) is 5.94. The molecule has 0 amide bonds. The first-order chi connectivity index (χ1) is 14.4. The third kappa shape index (κ3) is 2.99. The van der Waals surface area contributed by atoms with E-state index in [1.54, 1.807) is 0 Å². The number of hydrogen-bond acceptors (Lipinski definition) is 3. The van der Waals surface area contributed by atoms with Gasteiger partial charge in [-0.15, -0.1) is 0 Å². The van der Waals surface area contributed by atoms with Crippen LogP contribution in [-0.2, 0) is 9.31 Å². The van der Waals surface area contributed by atoms with Gasteiger partial charge in [-0.1, -0.05) is 60.7 Å². The average Bonchev–Trinajstić information content (AvgIpc) is 2.87. The Hall–Kier alpha value is -2.82. The van der Waals surface area contributed by atoms with Gasteiger partial charge in [0, 0.05) is 5.69 Å². The van der Waals surface area contributed by atoms with Crippen LogP contribution in [0.4, 0.5) is 17.1 Å². The number of benzene rings is 3. The first-order valence-corrected chi connectivity index (χ1v) is 10.5. The molecule has 1 saturated heterocycles. The number of hydrogen-bond donors (Lipinski definition) is 0. The van der Waals surface area contributed by atoms with Gasteiger partial charge in [0.1, 0.15) is 0 Å². The van der Waals surface area contributed by atoms with Crippen LogP contribution in [0.2, 0.25) is 0 Å². The highest BCUT2D eigenvalue weighted by Crippen LogP contribution is 2.42. The molecule has 0 atom stereocenters. The lowest BCUT2D eigenvalue weighted by molar-refractivity contribution is 0.00578. The summed E-state index contributed by atoms with van der Waals surface area (Å²) in [5, 5.41) is 0. The highest BCUT2D eigenvalue weighted by atomic mass is 16.7. The van der Waals surface area contributed by atoms with E-state index in [0.717, 1.165) is 28.1 Å². The maximum absolute atomic E-state index is 6.40. The molecule has 0 spiro atoms. The van der Waals surface area contributed by atoms with Crippen LogP contribution in [0.15, 0.2) is 72.8 Å². The standard InChI is InChI=1S/C26H26BNO2/c1-25(2)26(3,4)30-27(29-25)22-14-10-16-24-21(22)18-17-19-11-8-9-15-23(19)28(24)20-12-6-5-7-13-20/h5-18H,1-4H3. The first-order valence-electron chi connectivity index (χ1n) is 10.5. The van der Waals surface area contributed by atoms with Gasteiger partial charge in [-0.05, 0) is 68.6 Å². The fourth-order valence-corrected chi connectivity index (χ4v) is 4.11. The van der Waals surface area contributed by atoms with E-state index in [1.807, 2.05) is 6.07 Å². The maximum Gasteiger partial charge on any atom is 0.495 e. The topological polar surface area (TPSA) is 21.7 Å². The zero-order chi connectivity index (χ0) is 20.9. The van der Waals surface area contributed by atoms with Crippen LogP contribution >= 0.6 is 0 Å². The monoisotopic (exact) mass is 395 g/mol. The third-order valence-electron chi connectivity index (χ3n) is 6.49. The van der Waals surface area contributed by atoms with Crippen molar-refractivity contribution < 1.29 is 9.31 Å². The molecular weight excluding hydrogens is 369 g/mol. The predicted molar refractivity (Wildman–Crippen MR) is 126 cm³/mol. The van der Waals surface area contributed by atoms with Crippen molar-refractivity contribution in [3.8, 4) is 0 Å². The van der Waals surface area contributed by atoms with Gasteiger partial charge in [0.15, 0.2) is 0 Å². The van der Waals surface area contributed by atoms with E-state index in [4.69, 9.17) is 9.31 Å². The number of fused-ring (bicyclic) bond motifs is 2. The first kappa shape index (κ1) is 19.2. The molecule has 0 unspecified atom stereocenters. The SMILES string of the molecule is CC1(C)OB(c2cccc3c2C=Cc2ccccc2N3c2ccccc2)OC1(C)C. The lowest BCUT2D eigenvalue weighted by Gasteiger charge is -2.32. The summed E-state index contributed by atoms with van der Waals surface area (Å²) in [5.74, 6) is 0. The molecule has 0 N–H and O–H groups in total. The Morgan fingerprint density at radius 1 is 0.667 bits per heavy atom. The van der Waals surface area contributed by atoms with Crippen molar-refractivity contribution in [2.45, 2.75) is 38.9 Å². The van der Waals surface area contributed by atoms with E-state index < -0.39 is 7.12 Å². The molecule has 0 aliphatic carbocycles. The van der Waals surface area contributed by atoms with Crippen LogP contribution in [0, 0.1) is 0 Å². The van der Waals surface area contributed by atoms with E-state index in [2.05, 4.69) is 111 Å². The molecule has 0 saturated carbocycles. The summed E-state index contributed by atoms with van der Waals surface area (Å²) >= 11 is 0. The molecule has 0 radical (unpaired) electrons. The smallest absolute Gasteiger partial charge is 0.399 e. The minimum atomic E-state index is -0.409. The van der Waals surface area contributed by atoms with Crippen molar-refractivity contribution in [2.24, 2.45) is 0 Å². The van der Waals surface area contributed by atoms with Crippen LogP contribution in [0.1, 0.15) is 38.8 Å². The number of para-hydroxylation sites is 2. The summed E-state index contributed by atoms with van der Waals surface area (Å²) in [6.45, 7) is 8.38. The van der Waals surface area contributed by atoms with Gasteiger partial charge in [-0.3, -0.25) is 0 Å². The summed E-state index contributed by atoms with van der Waals surface area (Å²) < 4.78 is 12.8. The number of rotatable bonds is 2. The van der Waals surface area contributed by atoms with E-state index in [9.17, 15) is 0 Å². The Kier molecular flexibility index (Phi) is 4.39. The molecule has 4 heteroatoms. The zero-order valence-corrected chi connectivity index (χ0v) is 17.9. The summed E-state index contributed by atoms with van der Waals surface area (Å²) in [6.07, 6.45) is 4.38. The Bertz CT molecular complexity index is 1100. The van der Waals surface area contributed by atoms with Crippen molar-refractivity contribution in [3.63, 3.8) is 0 Å². The van der Waals surface area contributed by atoms with Gasteiger partial charge in [0.2, 0.25) is 0 Å². The van der Waals surface area contributed by atoms with Crippen LogP contribution in [0.25, 0.3) is 12.2 Å². The Morgan fingerprint density at radius 3 is 2.03 bits per heavy atom. The molecule has 0 aromatic heterocycles. The van der Waals surface area contributed by atoms with Crippen molar-refractivity contribution in [2.75, 3.05) is 4.90 Å². The van der Waals surface area contributed by atoms with Crippen LogP contribution < -0.4 is 10.4 Å². The summed E-state index contributed by atoms with van der Waals surface area (Å²) in [7, 11) is -0.409. The second kappa shape index (κ2) is 6.87. The van der Waals surface area contributed by atoms with Crippen molar-refractivity contribution in [1.29, 1.82) is 0 Å². The van der Waals surface area contributed by atoms with E-state index >= 15 is 0 Å². The molecule has 5 rings (SSSR count). The van der Waals surface area contributed by atoms with Gasteiger partial charge >= 0.3 is 7.12 Å². The summed E-state index contributed by atoms with van der Waals surface area (Å²) in [6, 6.07) is 25.4. The molecule has 150 valence electrons. The lowest BCUT2D eigenvalue weighted by Crippen LogP contribution is -2.41. The summed E-state index contributed by atoms with van der Waals surface area (Å²) in [4.78, 5) is 2.32. The minimum absolute atomic E-state index is 0.378. The number of nitrogens with zero attached hydrogens (tertiary/aromatic N) is 1. The van der Waals surface area contributed by atoms with Crippen molar-refractivity contribution in [3.05, 3.63) is 83.9 Å². The third-order valence-corrected chi connectivity index (χ3v) is 6.49. The Labute approximate surface area is 179 Å². The zero-order valence-electron chi connectivity index (χ0n) is 17.9. The molecule has 3 aromatic rings. The Balaban J connectivity index is 1.70. The molecule has 1 fully saturated rings. The number of anilines is 3. The highest BCUT2D eigenvalue weighted by molar-refractivity contribution is 6.63. The molecule has 30 heavy (non-hydrogen) atoms. The minimum Gasteiger partial charge on any atom is -0.399 e. The average molecular weight is 395 g/mol. The van der Waals surface area contributed by atoms with Gasteiger partial charge in [-0.25, -0.2) is 0 Å². The molecule has 0 bridgehead atoms. The van der Waals surface area contributed by atoms with Crippen molar-refractivity contribution in [1.82, 2.24) is 0 Å². The Morgan fingerprint density at radius 2 is 1.30 bits per heavy atom. The van der Waals surface area contributed by atoms with E-state index in [0.29, 0.717) is 0 Å². The van der Waals surface area contributed by atoms with Crippen LogP contribution in [-0.4, -0.2) is 18.3 Å². The second-order valence-electron chi connectivity index (χ2n) is 8.93. The molecule has 2 heterocycles. The quantitative estimate of drug-likeness (QED) is 0.392. The van der Waals surface area contributed by atoms with Crippen LogP contribution in [0.3, 0.4) is 0 Å². The lowest BCUT2D eigenvalue weighted by atomic mass is 9.75. The van der Waals surface area contributed by atoms with Gasteiger partial charge in [-0.2, -0.15) is 0 Å². The van der Waals surface area contributed by atoms with Crippen molar-refractivity contribution >= 4 is 41.8 Å². The largest absolute Gasteiger partial charge is 0.495 e. The second-order valence-corrected chi connectivity index (χ2v) is 8.93. The molecule has 2 aliphatic rings. The normalized spacial score (nSPS) is 18.7. The van der Waals surface area contributed by atoms with Gasteiger partial charge in [0.25, 0.3) is 0 Å². The summed E-state index contributed by atoms with van der Waals surface area (Å²) in [5.41, 5.74) is 6.00. The molecule has 2 aliphatic heterocycles. The van der Waals surface area contributed by atoms with E-state index in [1.165, 1.54) is 5.56 Å². The van der Waals surface area contributed by atoms with Crippen LogP contribution in [0.5, 0.6) is 0 Å². The fourth-order valence-electron chi connectivity index (χ4n) is 4.11. The fraction of sp³-hybridized carbons (Fsp3) is 0.231. The van der Waals surface area contributed by atoms with Gasteiger partial charge < -0.3 is 14.2 Å². The van der Waals surface area contributed by atoms with E-state index in [-0.39, 0.29) is 11.2 Å². The highest BCUT2D eigenvalue weighted by Gasteiger charge is 2.52. The maximum atomic E-state index is 6.40. The van der Waals surface area contributed by atoms with Gasteiger partial charge in [0.05, 0.1) is 22.6 Å².